The van der Waals surface area contributed by atoms with Crippen LogP contribution in [0, 0.1) is 0 Å². The van der Waals surface area contributed by atoms with E-state index in [1.54, 1.807) is 6.20 Å². The van der Waals surface area contributed by atoms with Crippen LogP contribution in [0.25, 0.3) is 10.8 Å². The number of hydrogen-bond acceptors (Lipinski definition) is 3. The first-order chi connectivity index (χ1) is 11.8. The minimum absolute atomic E-state index is 0.0886. The summed E-state index contributed by atoms with van der Waals surface area (Å²) in [5.41, 5.74) is 8.74. The number of H-pyrrole nitrogens is 1. The van der Waals surface area contributed by atoms with Crippen molar-refractivity contribution in [3.05, 3.63) is 65.5 Å². The van der Waals surface area contributed by atoms with Crippen LogP contribution in [0.3, 0.4) is 0 Å². The SMILES string of the molecule is NCc1cccc2ccc(C(=O)N3CCC(c4ccn[nH]4)C3)cc12. The van der Waals surface area contributed by atoms with Crippen LogP contribution in [0.5, 0.6) is 0 Å². The molecule has 1 aromatic heterocycles. The Bertz CT molecular complexity index is 872. The Morgan fingerprint density at radius 3 is 3.00 bits per heavy atom. The maximum absolute atomic E-state index is 12.9. The van der Waals surface area contributed by atoms with Gasteiger partial charge in [0, 0.05) is 43.0 Å². The van der Waals surface area contributed by atoms with Gasteiger partial charge in [-0.15, -0.1) is 0 Å². The highest BCUT2D eigenvalue weighted by molar-refractivity contribution is 5.99. The van der Waals surface area contributed by atoms with E-state index in [1.807, 2.05) is 47.4 Å². The number of rotatable bonds is 3. The highest BCUT2D eigenvalue weighted by atomic mass is 16.2. The van der Waals surface area contributed by atoms with E-state index in [0.717, 1.165) is 47.1 Å². The second kappa shape index (κ2) is 6.09. The number of aromatic amines is 1. The van der Waals surface area contributed by atoms with Gasteiger partial charge in [-0.25, -0.2) is 0 Å². The quantitative estimate of drug-likeness (QED) is 0.779. The number of nitrogens with two attached hydrogens (primary N) is 1. The Morgan fingerprint density at radius 2 is 2.21 bits per heavy atom. The van der Waals surface area contributed by atoms with Gasteiger partial charge in [0.15, 0.2) is 0 Å². The van der Waals surface area contributed by atoms with Gasteiger partial charge in [-0.2, -0.15) is 5.10 Å². The third kappa shape index (κ3) is 2.57. The van der Waals surface area contributed by atoms with E-state index < -0.39 is 0 Å². The molecule has 5 nitrogen and oxygen atoms in total. The van der Waals surface area contributed by atoms with Crippen LogP contribution in [0.2, 0.25) is 0 Å². The lowest BCUT2D eigenvalue weighted by Crippen LogP contribution is -2.28. The largest absolute Gasteiger partial charge is 0.338 e. The summed E-state index contributed by atoms with van der Waals surface area (Å²) in [4.78, 5) is 14.8. The van der Waals surface area contributed by atoms with Gasteiger partial charge in [0.25, 0.3) is 5.91 Å². The summed E-state index contributed by atoms with van der Waals surface area (Å²) < 4.78 is 0. The zero-order chi connectivity index (χ0) is 16.5. The third-order valence-electron chi connectivity index (χ3n) is 4.88. The normalized spacial score (nSPS) is 17.5. The van der Waals surface area contributed by atoms with Gasteiger partial charge in [-0.3, -0.25) is 9.89 Å². The van der Waals surface area contributed by atoms with Gasteiger partial charge in [0.1, 0.15) is 0 Å². The maximum atomic E-state index is 12.9. The molecule has 4 rings (SSSR count). The predicted molar refractivity (Wildman–Crippen MR) is 93.7 cm³/mol. The number of likely N-dealkylation sites (tertiary alicyclic amines) is 1. The highest BCUT2D eigenvalue weighted by Crippen LogP contribution is 2.27. The third-order valence-corrected chi connectivity index (χ3v) is 4.88. The molecule has 24 heavy (non-hydrogen) atoms. The molecule has 0 saturated carbocycles. The van der Waals surface area contributed by atoms with Crippen molar-refractivity contribution in [3.63, 3.8) is 0 Å². The standard InChI is InChI=1S/C19H20N4O/c20-11-15-3-1-2-13-4-5-14(10-17(13)15)19(24)23-9-7-16(12-23)18-6-8-21-22-18/h1-6,8,10,16H,7,9,11-12,20H2,(H,21,22). The van der Waals surface area contributed by atoms with E-state index in [4.69, 9.17) is 5.73 Å². The number of benzene rings is 2. The Kier molecular flexibility index (Phi) is 3.78. The molecule has 122 valence electrons. The number of aromatic nitrogens is 2. The van der Waals surface area contributed by atoms with E-state index in [9.17, 15) is 4.79 Å². The zero-order valence-corrected chi connectivity index (χ0v) is 13.4. The van der Waals surface area contributed by atoms with E-state index in [-0.39, 0.29) is 5.91 Å². The molecular formula is C19H20N4O. The fourth-order valence-electron chi connectivity index (χ4n) is 3.52. The number of nitrogens with zero attached hydrogens (tertiary/aromatic N) is 2. The molecule has 0 spiro atoms. The van der Waals surface area contributed by atoms with Crippen molar-refractivity contribution in [2.24, 2.45) is 5.73 Å². The van der Waals surface area contributed by atoms with Gasteiger partial charge < -0.3 is 10.6 Å². The van der Waals surface area contributed by atoms with Crippen molar-refractivity contribution >= 4 is 16.7 Å². The lowest BCUT2D eigenvalue weighted by molar-refractivity contribution is 0.0791. The molecule has 1 aliphatic rings. The molecule has 0 aliphatic carbocycles. The van der Waals surface area contributed by atoms with E-state index in [0.29, 0.717) is 12.5 Å². The molecule has 1 saturated heterocycles. The van der Waals surface area contributed by atoms with Gasteiger partial charge in [0.05, 0.1) is 0 Å². The smallest absolute Gasteiger partial charge is 0.253 e. The summed E-state index contributed by atoms with van der Waals surface area (Å²) >= 11 is 0. The Hall–Kier alpha value is -2.66. The molecule has 1 unspecified atom stereocenters. The molecular weight excluding hydrogens is 300 g/mol. The van der Waals surface area contributed by atoms with Crippen LogP contribution in [0.15, 0.2) is 48.7 Å². The predicted octanol–water partition coefficient (Wildman–Crippen LogP) is 2.65. The van der Waals surface area contributed by atoms with Gasteiger partial charge in [-0.1, -0.05) is 24.3 Å². The van der Waals surface area contributed by atoms with Crippen molar-refractivity contribution in [1.82, 2.24) is 15.1 Å². The van der Waals surface area contributed by atoms with Crippen molar-refractivity contribution in [2.45, 2.75) is 18.9 Å². The molecule has 5 heteroatoms. The lowest BCUT2D eigenvalue weighted by atomic mass is 10.0. The lowest BCUT2D eigenvalue weighted by Gasteiger charge is -2.17. The second-order valence-corrected chi connectivity index (χ2v) is 6.31. The number of hydrogen-bond donors (Lipinski definition) is 2. The fourth-order valence-corrected chi connectivity index (χ4v) is 3.52. The summed E-state index contributed by atoms with van der Waals surface area (Å²) in [7, 11) is 0. The van der Waals surface area contributed by atoms with Gasteiger partial charge in [0.2, 0.25) is 0 Å². The van der Waals surface area contributed by atoms with Crippen LogP contribution in [0.1, 0.15) is 34.0 Å². The number of fused-ring (bicyclic) bond motifs is 1. The second-order valence-electron chi connectivity index (χ2n) is 6.31. The Balaban J connectivity index is 1.60. The minimum atomic E-state index is 0.0886. The van der Waals surface area contributed by atoms with Crippen molar-refractivity contribution in [1.29, 1.82) is 0 Å². The maximum Gasteiger partial charge on any atom is 0.253 e. The van der Waals surface area contributed by atoms with Crippen molar-refractivity contribution < 1.29 is 4.79 Å². The summed E-state index contributed by atoms with van der Waals surface area (Å²) in [5.74, 6) is 0.433. The first-order valence-electron chi connectivity index (χ1n) is 8.26. The Labute approximate surface area is 140 Å². The average Bonchev–Trinajstić information content (AvgIpc) is 3.31. The molecule has 1 fully saturated rings. The van der Waals surface area contributed by atoms with Crippen molar-refractivity contribution in [3.8, 4) is 0 Å². The Morgan fingerprint density at radius 1 is 1.29 bits per heavy atom. The summed E-state index contributed by atoms with van der Waals surface area (Å²) in [6.07, 6.45) is 2.73. The molecule has 3 N–H and O–H groups in total. The molecule has 2 aromatic carbocycles. The van der Waals surface area contributed by atoms with Crippen LogP contribution in [-0.2, 0) is 6.54 Å². The van der Waals surface area contributed by atoms with Crippen LogP contribution >= 0.6 is 0 Å². The molecule has 3 aromatic rings. The number of carbonyl (C=O) groups is 1. The van der Waals surface area contributed by atoms with Gasteiger partial charge >= 0.3 is 0 Å². The molecule has 0 radical (unpaired) electrons. The van der Waals surface area contributed by atoms with Gasteiger partial charge in [-0.05, 0) is 41.0 Å². The fraction of sp³-hybridized carbons (Fsp3) is 0.263. The van der Waals surface area contributed by atoms with Crippen LogP contribution < -0.4 is 5.73 Å². The number of carbonyl (C=O) groups excluding carboxylic acids is 1. The van der Waals surface area contributed by atoms with E-state index >= 15 is 0 Å². The summed E-state index contributed by atoms with van der Waals surface area (Å²) in [5, 5.41) is 9.21. The van der Waals surface area contributed by atoms with Crippen LogP contribution in [-0.4, -0.2) is 34.1 Å². The molecule has 2 heterocycles. The number of nitrogens with one attached hydrogen (secondary N) is 1. The van der Waals surface area contributed by atoms with Crippen LogP contribution in [0.4, 0.5) is 0 Å². The van der Waals surface area contributed by atoms with Crippen molar-refractivity contribution in [2.75, 3.05) is 13.1 Å². The monoisotopic (exact) mass is 320 g/mol. The molecule has 1 atom stereocenters. The van der Waals surface area contributed by atoms with E-state index in [1.165, 1.54) is 0 Å². The highest BCUT2D eigenvalue weighted by Gasteiger charge is 2.28. The minimum Gasteiger partial charge on any atom is -0.338 e. The number of amides is 1. The molecule has 1 aliphatic heterocycles. The van der Waals surface area contributed by atoms with E-state index in [2.05, 4.69) is 10.2 Å². The first kappa shape index (κ1) is 14.9. The summed E-state index contributed by atoms with van der Waals surface area (Å²) in [6.45, 7) is 1.98. The average molecular weight is 320 g/mol. The molecule has 0 bridgehead atoms. The first-order valence-corrected chi connectivity index (χ1v) is 8.26. The molecule has 1 amide bonds. The summed E-state index contributed by atoms with van der Waals surface area (Å²) in [6, 6.07) is 13.9. The zero-order valence-electron chi connectivity index (χ0n) is 13.4. The topological polar surface area (TPSA) is 75.0 Å².